The van der Waals surface area contributed by atoms with E-state index in [4.69, 9.17) is 0 Å². The molecule has 0 aromatic carbocycles. The zero-order valence-corrected chi connectivity index (χ0v) is 3.59. The Kier molecular flexibility index (Phi) is 10.1. The van der Waals surface area contributed by atoms with Gasteiger partial charge in [-0.25, -0.2) is 0 Å². The topological polar surface area (TPSA) is 31.5 Å². The van der Waals surface area contributed by atoms with Gasteiger partial charge in [0.25, 0.3) is 0 Å². The molecule has 7 heavy (non-hydrogen) atoms. The van der Waals surface area contributed by atoms with Crippen LogP contribution in [0.1, 0.15) is 0 Å². The van der Waals surface area contributed by atoms with Crippen molar-refractivity contribution in [1.29, 1.82) is 0 Å². The maximum Gasteiger partial charge on any atom is 1.00 e. The van der Waals surface area contributed by atoms with Gasteiger partial charge in [0.05, 0.1) is 0 Å². The third-order valence-corrected chi connectivity index (χ3v) is 0. The molecule has 0 aromatic rings. The minimum atomic E-state index is -6.00. The monoisotopic (exact) mass is 112 g/mol. The fourth-order valence-corrected chi connectivity index (χ4v) is 0. The fourth-order valence-electron chi connectivity index (χ4n) is 0. The zero-order chi connectivity index (χ0) is 4.50. The predicted octanol–water partition coefficient (Wildman–Crippen LogP) is -2.52. The van der Waals surface area contributed by atoms with Crippen molar-refractivity contribution < 1.29 is 41.6 Å². The molecule has 0 heterocycles. The molecule has 0 bridgehead atoms. The first-order valence-corrected chi connectivity index (χ1v) is 0.873. The summed E-state index contributed by atoms with van der Waals surface area (Å²) in [7, 11) is -6.00. The Bertz CT molecular complexity index is 27.2. The molecular formula is H2BF4LiO. The third-order valence-electron chi connectivity index (χ3n) is 0. The SMILES string of the molecule is F[B-](F)(F)F.O.[Li+]. The van der Waals surface area contributed by atoms with E-state index >= 15 is 0 Å². The molecule has 0 aliphatic heterocycles. The largest absolute Gasteiger partial charge is 1.00 e. The molecule has 40 valence electrons. The summed E-state index contributed by atoms with van der Waals surface area (Å²) in [5.74, 6) is 0. The van der Waals surface area contributed by atoms with Gasteiger partial charge >= 0.3 is 26.1 Å². The summed E-state index contributed by atoms with van der Waals surface area (Å²) in [5, 5.41) is 0. The molecule has 0 aromatic heterocycles. The van der Waals surface area contributed by atoms with Gasteiger partial charge in [-0.1, -0.05) is 0 Å². The van der Waals surface area contributed by atoms with Crippen molar-refractivity contribution in [3.63, 3.8) is 0 Å². The number of hydrogen-bond donors (Lipinski definition) is 0. The molecule has 0 rings (SSSR count). The van der Waals surface area contributed by atoms with Crippen LogP contribution in [0.15, 0.2) is 0 Å². The van der Waals surface area contributed by atoms with Crippen molar-refractivity contribution in [1.82, 2.24) is 0 Å². The van der Waals surface area contributed by atoms with E-state index in [1.165, 1.54) is 0 Å². The summed E-state index contributed by atoms with van der Waals surface area (Å²) >= 11 is 0. The van der Waals surface area contributed by atoms with Crippen LogP contribution >= 0.6 is 0 Å². The maximum absolute atomic E-state index is 9.75. The molecule has 0 unspecified atom stereocenters. The van der Waals surface area contributed by atoms with Gasteiger partial charge in [-0.05, 0) is 0 Å². The molecule has 0 fully saturated rings. The van der Waals surface area contributed by atoms with Crippen LogP contribution in [0.4, 0.5) is 17.3 Å². The minimum Gasteiger partial charge on any atom is -0.418 e. The number of rotatable bonds is 0. The summed E-state index contributed by atoms with van der Waals surface area (Å²) in [5.41, 5.74) is 0. The number of halogens is 4. The molecule has 0 aliphatic rings. The van der Waals surface area contributed by atoms with Crippen LogP contribution in [0, 0.1) is 0 Å². The van der Waals surface area contributed by atoms with Gasteiger partial charge in [0, 0.05) is 0 Å². The van der Waals surface area contributed by atoms with Crippen molar-refractivity contribution in [2.75, 3.05) is 0 Å². The van der Waals surface area contributed by atoms with Crippen LogP contribution in [0.25, 0.3) is 0 Å². The Labute approximate surface area is 49.7 Å². The standard InChI is InChI=1S/BF4.Li.H2O/c2-1(3,4)5;;/h;;1H2/q-1;+1;. The van der Waals surface area contributed by atoms with Crippen molar-refractivity contribution in [2.45, 2.75) is 0 Å². The second-order valence-electron chi connectivity index (χ2n) is 0.495. The first-order chi connectivity index (χ1) is 2.00. The number of hydrogen-bond acceptors (Lipinski definition) is 0. The summed E-state index contributed by atoms with van der Waals surface area (Å²) in [4.78, 5) is 0. The van der Waals surface area contributed by atoms with Crippen LogP contribution in [0.3, 0.4) is 0 Å². The zero-order valence-electron chi connectivity index (χ0n) is 3.59. The van der Waals surface area contributed by atoms with E-state index in [2.05, 4.69) is 0 Å². The van der Waals surface area contributed by atoms with Crippen molar-refractivity contribution >= 4 is 7.25 Å². The molecule has 0 aliphatic carbocycles. The summed E-state index contributed by atoms with van der Waals surface area (Å²) in [6.45, 7) is 0. The van der Waals surface area contributed by atoms with Gasteiger partial charge in [0.1, 0.15) is 0 Å². The fraction of sp³-hybridized carbons (Fsp3) is 0. The molecule has 0 atom stereocenters. The van der Waals surface area contributed by atoms with Crippen LogP contribution < -0.4 is 18.9 Å². The van der Waals surface area contributed by atoms with Gasteiger partial charge in [-0.2, -0.15) is 0 Å². The van der Waals surface area contributed by atoms with Crippen molar-refractivity contribution in [3.05, 3.63) is 0 Å². The molecule has 0 saturated heterocycles. The van der Waals surface area contributed by atoms with Crippen LogP contribution in [-0.2, 0) is 0 Å². The summed E-state index contributed by atoms with van der Waals surface area (Å²) in [6, 6.07) is 0. The van der Waals surface area contributed by atoms with E-state index in [-0.39, 0.29) is 24.3 Å². The van der Waals surface area contributed by atoms with Gasteiger partial charge < -0.3 is 22.7 Å². The van der Waals surface area contributed by atoms with Gasteiger partial charge in [0.15, 0.2) is 0 Å². The van der Waals surface area contributed by atoms with E-state index in [1.54, 1.807) is 0 Å². The normalized spacial score (nSPS) is 8.57. The van der Waals surface area contributed by atoms with Gasteiger partial charge in [0.2, 0.25) is 0 Å². The average molecular weight is 112 g/mol. The van der Waals surface area contributed by atoms with Crippen LogP contribution in [0.2, 0.25) is 0 Å². The van der Waals surface area contributed by atoms with E-state index in [0.29, 0.717) is 0 Å². The van der Waals surface area contributed by atoms with Crippen molar-refractivity contribution in [3.8, 4) is 0 Å². The quantitative estimate of drug-likeness (QED) is 0.244. The smallest absolute Gasteiger partial charge is 0.418 e. The van der Waals surface area contributed by atoms with E-state index in [9.17, 15) is 17.3 Å². The predicted molar refractivity (Wildman–Crippen MR) is 13.8 cm³/mol. The molecule has 0 saturated carbocycles. The first-order valence-electron chi connectivity index (χ1n) is 0.873. The Hall–Kier alpha value is 0.342. The molecule has 0 amide bonds. The molecular weight excluding hydrogens is 110 g/mol. The van der Waals surface area contributed by atoms with E-state index in [0.717, 1.165) is 0 Å². The Balaban J connectivity index is -0.0000000800. The third kappa shape index (κ3) is 1020. The summed E-state index contributed by atoms with van der Waals surface area (Å²) < 4.78 is 39.0. The van der Waals surface area contributed by atoms with E-state index < -0.39 is 7.25 Å². The van der Waals surface area contributed by atoms with Crippen molar-refractivity contribution in [2.24, 2.45) is 0 Å². The Morgan fingerprint density at radius 2 is 0.857 bits per heavy atom. The first kappa shape index (κ1) is 15.7. The average Bonchev–Trinajstić information content (AvgIpc) is 0.722. The molecule has 0 spiro atoms. The Morgan fingerprint density at radius 1 is 0.857 bits per heavy atom. The van der Waals surface area contributed by atoms with Crippen LogP contribution in [0.5, 0.6) is 0 Å². The van der Waals surface area contributed by atoms with E-state index in [1.807, 2.05) is 0 Å². The molecule has 7 heteroatoms. The van der Waals surface area contributed by atoms with Gasteiger partial charge in [-0.15, -0.1) is 0 Å². The second kappa shape index (κ2) is 4.50. The van der Waals surface area contributed by atoms with Crippen LogP contribution in [-0.4, -0.2) is 12.7 Å². The Morgan fingerprint density at radius 3 is 0.857 bits per heavy atom. The molecule has 2 N–H and O–H groups in total. The minimum absolute atomic E-state index is 0. The second-order valence-corrected chi connectivity index (χ2v) is 0.495. The molecule has 1 nitrogen and oxygen atoms in total. The maximum atomic E-state index is 9.75. The molecule has 0 radical (unpaired) electrons. The van der Waals surface area contributed by atoms with Gasteiger partial charge in [-0.3, -0.25) is 0 Å². The summed E-state index contributed by atoms with van der Waals surface area (Å²) in [6.07, 6.45) is 0.